The molecule has 160 valence electrons. The molecule has 1 fully saturated rings. The number of likely N-dealkylation sites (tertiary alicyclic amines) is 1. The summed E-state index contributed by atoms with van der Waals surface area (Å²) in [6.45, 7) is 6.45. The fourth-order valence-electron chi connectivity index (χ4n) is 3.17. The Morgan fingerprint density at radius 1 is 1.03 bits per heavy atom. The fraction of sp³-hybridized carbons (Fsp3) is 0.409. The lowest BCUT2D eigenvalue weighted by Crippen LogP contribution is -2.43. The third kappa shape index (κ3) is 5.85. The summed E-state index contributed by atoms with van der Waals surface area (Å²) in [7, 11) is 0. The molecule has 3 rings (SSSR count). The quantitative estimate of drug-likeness (QED) is 0.785. The Kier molecular flexibility index (Phi) is 6.44. The number of rotatable bonds is 4. The lowest BCUT2D eigenvalue weighted by molar-refractivity contribution is -0.121. The van der Waals surface area contributed by atoms with Crippen LogP contribution in [0.2, 0.25) is 0 Å². The van der Waals surface area contributed by atoms with Gasteiger partial charge in [0.25, 0.3) is 5.91 Å². The van der Waals surface area contributed by atoms with Gasteiger partial charge in [-0.2, -0.15) is 0 Å². The summed E-state index contributed by atoms with van der Waals surface area (Å²) in [6, 6.07) is 10.1. The van der Waals surface area contributed by atoms with E-state index >= 15 is 0 Å². The van der Waals surface area contributed by atoms with Crippen LogP contribution in [0.3, 0.4) is 0 Å². The molecule has 0 saturated carbocycles. The van der Waals surface area contributed by atoms with Crippen LogP contribution in [0.1, 0.15) is 44.2 Å². The van der Waals surface area contributed by atoms with E-state index in [1.54, 1.807) is 41.3 Å². The number of ether oxygens (including phenoxy) is 1. The van der Waals surface area contributed by atoms with Crippen LogP contribution in [0.25, 0.3) is 0 Å². The van der Waals surface area contributed by atoms with Gasteiger partial charge in [0.15, 0.2) is 5.76 Å². The van der Waals surface area contributed by atoms with Crippen molar-refractivity contribution in [3.05, 3.63) is 48.4 Å². The molecule has 0 spiro atoms. The van der Waals surface area contributed by atoms with Gasteiger partial charge in [-0.15, -0.1) is 0 Å². The Balaban J connectivity index is 1.52. The van der Waals surface area contributed by atoms with Crippen LogP contribution in [-0.2, 0) is 9.53 Å². The molecule has 2 N–H and O–H groups in total. The maximum Gasteiger partial charge on any atom is 0.410 e. The normalized spacial score (nSPS) is 14.8. The predicted octanol–water partition coefficient (Wildman–Crippen LogP) is 4.12. The third-order valence-corrected chi connectivity index (χ3v) is 4.65. The molecule has 0 atom stereocenters. The highest BCUT2D eigenvalue weighted by molar-refractivity contribution is 6.02. The van der Waals surface area contributed by atoms with E-state index in [0.29, 0.717) is 37.3 Å². The first kappa shape index (κ1) is 21.4. The highest BCUT2D eigenvalue weighted by Gasteiger charge is 2.30. The zero-order valence-electron chi connectivity index (χ0n) is 17.4. The zero-order valence-corrected chi connectivity index (χ0v) is 17.4. The molecule has 1 aromatic carbocycles. The Morgan fingerprint density at radius 3 is 2.30 bits per heavy atom. The summed E-state index contributed by atoms with van der Waals surface area (Å²) in [4.78, 5) is 38.5. The van der Waals surface area contributed by atoms with E-state index in [9.17, 15) is 14.4 Å². The van der Waals surface area contributed by atoms with Gasteiger partial charge in [-0.1, -0.05) is 6.07 Å². The highest BCUT2D eigenvalue weighted by Crippen LogP contribution is 2.23. The monoisotopic (exact) mass is 413 g/mol. The average molecular weight is 413 g/mol. The largest absolute Gasteiger partial charge is 0.459 e. The van der Waals surface area contributed by atoms with Gasteiger partial charge in [-0.25, -0.2) is 4.79 Å². The van der Waals surface area contributed by atoms with Gasteiger partial charge in [-0.3, -0.25) is 9.59 Å². The van der Waals surface area contributed by atoms with E-state index < -0.39 is 5.60 Å². The van der Waals surface area contributed by atoms with Gasteiger partial charge >= 0.3 is 6.09 Å². The molecule has 8 heteroatoms. The van der Waals surface area contributed by atoms with Crippen molar-refractivity contribution in [3.63, 3.8) is 0 Å². The molecule has 30 heavy (non-hydrogen) atoms. The maximum absolute atomic E-state index is 12.6. The number of amides is 3. The number of anilines is 2. The van der Waals surface area contributed by atoms with E-state index in [-0.39, 0.29) is 29.6 Å². The first-order chi connectivity index (χ1) is 14.2. The fourth-order valence-corrected chi connectivity index (χ4v) is 3.17. The van der Waals surface area contributed by atoms with E-state index in [1.807, 2.05) is 20.8 Å². The van der Waals surface area contributed by atoms with E-state index in [2.05, 4.69) is 10.6 Å². The molecule has 1 aliphatic rings. The van der Waals surface area contributed by atoms with Crippen molar-refractivity contribution in [1.82, 2.24) is 4.90 Å². The lowest BCUT2D eigenvalue weighted by atomic mass is 9.96. The average Bonchev–Trinajstić information content (AvgIpc) is 3.22. The number of nitrogens with zero attached hydrogens (tertiary/aromatic N) is 1. The molecule has 3 amide bonds. The first-order valence-corrected chi connectivity index (χ1v) is 9.95. The number of furan rings is 1. The van der Waals surface area contributed by atoms with E-state index in [1.165, 1.54) is 6.26 Å². The van der Waals surface area contributed by atoms with Gasteiger partial charge in [0.2, 0.25) is 5.91 Å². The molecule has 2 heterocycles. The van der Waals surface area contributed by atoms with Crippen LogP contribution in [0.15, 0.2) is 47.1 Å². The minimum atomic E-state index is -0.539. The van der Waals surface area contributed by atoms with Crippen molar-refractivity contribution in [2.75, 3.05) is 23.7 Å². The van der Waals surface area contributed by atoms with Gasteiger partial charge < -0.3 is 24.7 Å². The number of nitrogens with one attached hydrogen (secondary N) is 2. The van der Waals surface area contributed by atoms with E-state index in [4.69, 9.17) is 9.15 Å². The number of hydrogen-bond donors (Lipinski definition) is 2. The summed E-state index contributed by atoms with van der Waals surface area (Å²) in [5.41, 5.74) is 0.601. The number of carbonyl (C=O) groups is 3. The number of piperidine rings is 1. The lowest BCUT2D eigenvalue weighted by Gasteiger charge is -2.32. The van der Waals surface area contributed by atoms with Crippen LogP contribution in [0.4, 0.5) is 16.2 Å². The Hall–Kier alpha value is -3.29. The van der Waals surface area contributed by atoms with E-state index in [0.717, 1.165) is 0 Å². The highest BCUT2D eigenvalue weighted by atomic mass is 16.6. The van der Waals surface area contributed by atoms with Crippen molar-refractivity contribution in [3.8, 4) is 0 Å². The zero-order chi connectivity index (χ0) is 21.7. The van der Waals surface area contributed by atoms with Crippen LogP contribution in [-0.4, -0.2) is 41.5 Å². The number of carbonyl (C=O) groups excluding carboxylic acids is 3. The molecule has 1 aromatic heterocycles. The first-order valence-electron chi connectivity index (χ1n) is 9.95. The van der Waals surface area contributed by atoms with Crippen molar-refractivity contribution >= 4 is 29.3 Å². The van der Waals surface area contributed by atoms with Crippen molar-refractivity contribution in [2.24, 2.45) is 5.92 Å². The van der Waals surface area contributed by atoms with Crippen molar-refractivity contribution < 1.29 is 23.5 Å². The third-order valence-electron chi connectivity index (χ3n) is 4.65. The van der Waals surface area contributed by atoms with Gasteiger partial charge in [-0.05, 0) is 63.9 Å². The molecule has 0 aliphatic carbocycles. The molecule has 0 unspecified atom stereocenters. The molecule has 0 radical (unpaired) electrons. The minimum Gasteiger partial charge on any atom is -0.459 e. The molecule has 0 bridgehead atoms. The van der Waals surface area contributed by atoms with Crippen LogP contribution >= 0.6 is 0 Å². The topological polar surface area (TPSA) is 101 Å². The second kappa shape index (κ2) is 9.02. The Labute approximate surface area is 175 Å². The second-order valence-corrected chi connectivity index (χ2v) is 8.24. The van der Waals surface area contributed by atoms with Crippen molar-refractivity contribution in [1.29, 1.82) is 0 Å². The van der Waals surface area contributed by atoms with Crippen LogP contribution in [0, 0.1) is 5.92 Å². The van der Waals surface area contributed by atoms with Gasteiger partial charge in [0.1, 0.15) is 5.60 Å². The van der Waals surface area contributed by atoms with Crippen molar-refractivity contribution in [2.45, 2.75) is 39.2 Å². The van der Waals surface area contributed by atoms with Crippen LogP contribution in [0.5, 0.6) is 0 Å². The molecular weight excluding hydrogens is 386 g/mol. The Bertz CT molecular complexity index is 894. The maximum atomic E-state index is 12.6. The Morgan fingerprint density at radius 2 is 1.70 bits per heavy atom. The van der Waals surface area contributed by atoms with Gasteiger partial charge in [0.05, 0.1) is 6.26 Å². The minimum absolute atomic E-state index is 0.103. The molecule has 1 saturated heterocycles. The SMILES string of the molecule is CC(C)(C)OC(=O)N1CCC(C(=O)Nc2cccc(NC(=O)c3ccco3)c2)CC1. The summed E-state index contributed by atoms with van der Waals surface area (Å²) in [5, 5.41) is 5.63. The summed E-state index contributed by atoms with van der Waals surface area (Å²) in [6.07, 6.45) is 2.22. The summed E-state index contributed by atoms with van der Waals surface area (Å²) in [5.74, 6) is -0.447. The number of benzene rings is 1. The molecule has 1 aliphatic heterocycles. The summed E-state index contributed by atoms with van der Waals surface area (Å²) >= 11 is 0. The standard InChI is InChI=1S/C22H27N3O5/c1-22(2,3)30-21(28)25-11-9-15(10-12-25)19(26)23-16-6-4-7-17(14-16)24-20(27)18-8-5-13-29-18/h4-8,13-15H,9-12H2,1-3H3,(H,23,26)(H,24,27). The molecular formula is C22H27N3O5. The molecule has 2 aromatic rings. The predicted molar refractivity (Wildman–Crippen MR) is 112 cm³/mol. The van der Waals surface area contributed by atoms with Crippen LogP contribution < -0.4 is 10.6 Å². The number of hydrogen-bond acceptors (Lipinski definition) is 5. The molecule has 8 nitrogen and oxygen atoms in total. The summed E-state index contributed by atoms with van der Waals surface area (Å²) < 4.78 is 10.5. The van der Waals surface area contributed by atoms with Gasteiger partial charge in [0, 0.05) is 30.4 Å². The second-order valence-electron chi connectivity index (χ2n) is 8.24. The smallest absolute Gasteiger partial charge is 0.410 e.